The van der Waals surface area contributed by atoms with Gasteiger partial charge in [0.1, 0.15) is 11.4 Å². The Bertz CT molecular complexity index is 561. The highest BCUT2D eigenvalue weighted by Crippen LogP contribution is 2.36. The molecule has 2 aromatic rings. The van der Waals surface area contributed by atoms with Gasteiger partial charge in [0.15, 0.2) is 5.75 Å². The normalized spacial score (nSPS) is 12.4. The van der Waals surface area contributed by atoms with Crippen LogP contribution in [-0.2, 0) is 0 Å². The summed E-state index contributed by atoms with van der Waals surface area (Å²) in [5.74, 6) is 1.70. The summed E-state index contributed by atoms with van der Waals surface area (Å²) >= 11 is 0. The zero-order chi connectivity index (χ0) is 11.8. The first kappa shape index (κ1) is 10.1. The average molecular weight is 223 g/mol. The van der Waals surface area contributed by atoms with Gasteiger partial charge in [0.2, 0.25) is 0 Å². The van der Waals surface area contributed by atoms with Crippen molar-refractivity contribution in [2.75, 3.05) is 0 Å². The second kappa shape index (κ2) is 3.74. The molecule has 0 fully saturated rings. The maximum Gasteiger partial charge on any atom is 0.153 e. The molecular weight excluding hydrogens is 210 g/mol. The summed E-state index contributed by atoms with van der Waals surface area (Å²) in [4.78, 5) is 4.45. The second-order valence-corrected chi connectivity index (χ2v) is 4.37. The van der Waals surface area contributed by atoms with Crippen LogP contribution in [0.25, 0.3) is 0 Å². The SMILES string of the molecule is Cc1ccc2c(c1)Oc1cc(C)ccc1N=C2. The van der Waals surface area contributed by atoms with Crippen molar-refractivity contribution in [2.45, 2.75) is 13.8 Å². The lowest BCUT2D eigenvalue weighted by atomic mass is 10.1. The van der Waals surface area contributed by atoms with E-state index in [1.54, 1.807) is 0 Å². The van der Waals surface area contributed by atoms with E-state index in [0.717, 1.165) is 22.7 Å². The van der Waals surface area contributed by atoms with Crippen molar-refractivity contribution in [1.29, 1.82) is 0 Å². The minimum absolute atomic E-state index is 0.825. The van der Waals surface area contributed by atoms with Gasteiger partial charge in [0.05, 0.1) is 0 Å². The van der Waals surface area contributed by atoms with Gasteiger partial charge in [-0.15, -0.1) is 0 Å². The lowest BCUT2D eigenvalue weighted by Crippen LogP contribution is -1.89. The summed E-state index contributed by atoms with van der Waals surface area (Å²) in [6, 6.07) is 12.2. The van der Waals surface area contributed by atoms with Crippen molar-refractivity contribution in [3.05, 3.63) is 53.1 Å². The Balaban J connectivity index is 2.17. The summed E-state index contributed by atoms with van der Waals surface area (Å²) < 4.78 is 5.94. The molecule has 0 aromatic heterocycles. The first-order valence-electron chi connectivity index (χ1n) is 5.65. The number of rotatable bonds is 0. The summed E-state index contributed by atoms with van der Waals surface area (Å²) in [6.07, 6.45) is 1.86. The van der Waals surface area contributed by atoms with Gasteiger partial charge < -0.3 is 4.74 Å². The molecular formula is C15H13NO. The van der Waals surface area contributed by atoms with E-state index in [1.165, 1.54) is 11.1 Å². The van der Waals surface area contributed by atoms with Crippen molar-refractivity contribution in [1.82, 2.24) is 0 Å². The van der Waals surface area contributed by atoms with E-state index in [0.29, 0.717) is 0 Å². The zero-order valence-electron chi connectivity index (χ0n) is 9.90. The van der Waals surface area contributed by atoms with Crippen LogP contribution < -0.4 is 4.74 Å². The fraction of sp³-hybridized carbons (Fsp3) is 0.133. The largest absolute Gasteiger partial charge is 0.454 e. The summed E-state index contributed by atoms with van der Waals surface area (Å²) in [5, 5.41) is 0. The third kappa shape index (κ3) is 1.82. The first-order chi connectivity index (χ1) is 8.22. The number of fused-ring (bicyclic) bond motifs is 2. The summed E-state index contributed by atoms with van der Waals surface area (Å²) in [7, 11) is 0. The molecule has 0 spiro atoms. The Morgan fingerprint density at radius 2 is 1.59 bits per heavy atom. The first-order valence-corrected chi connectivity index (χ1v) is 5.65. The monoisotopic (exact) mass is 223 g/mol. The van der Waals surface area contributed by atoms with Crippen LogP contribution >= 0.6 is 0 Å². The minimum Gasteiger partial charge on any atom is -0.454 e. The predicted molar refractivity (Wildman–Crippen MR) is 69.7 cm³/mol. The molecule has 2 heteroatoms. The molecule has 0 atom stereocenters. The molecule has 0 N–H and O–H groups in total. The number of nitrogens with zero attached hydrogens (tertiary/aromatic N) is 1. The van der Waals surface area contributed by atoms with Crippen molar-refractivity contribution in [2.24, 2.45) is 4.99 Å². The van der Waals surface area contributed by atoms with Gasteiger partial charge >= 0.3 is 0 Å². The highest BCUT2D eigenvalue weighted by Gasteiger charge is 2.11. The van der Waals surface area contributed by atoms with Crippen LogP contribution in [0.4, 0.5) is 5.69 Å². The number of ether oxygens (including phenoxy) is 1. The number of benzene rings is 2. The van der Waals surface area contributed by atoms with E-state index >= 15 is 0 Å². The molecule has 84 valence electrons. The molecule has 0 unspecified atom stereocenters. The van der Waals surface area contributed by atoms with Crippen molar-refractivity contribution in [3.8, 4) is 11.5 Å². The molecule has 0 saturated heterocycles. The topological polar surface area (TPSA) is 21.6 Å². The molecule has 0 aliphatic carbocycles. The maximum absolute atomic E-state index is 5.94. The van der Waals surface area contributed by atoms with Gasteiger partial charge in [0.25, 0.3) is 0 Å². The molecule has 1 heterocycles. The van der Waals surface area contributed by atoms with Gasteiger partial charge in [-0.25, -0.2) is 0 Å². The fourth-order valence-electron chi connectivity index (χ4n) is 1.90. The molecule has 1 aliphatic rings. The molecule has 3 rings (SSSR count). The number of hydrogen-bond donors (Lipinski definition) is 0. The number of aryl methyl sites for hydroxylation is 2. The third-order valence-electron chi connectivity index (χ3n) is 2.85. The van der Waals surface area contributed by atoms with E-state index in [-0.39, 0.29) is 0 Å². The lowest BCUT2D eigenvalue weighted by molar-refractivity contribution is 0.484. The Morgan fingerprint density at radius 3 is 2.41 bits per heavy atom. The number of aliphatic imine (C=N–C) groups is 1. The van der Waals surface area contributed by atoms with E-state index in [9.17, 15) is 0 Å². The fourth-order valence-corrected chi connectivity index (χ4v) is 1.90. The molecule has 1 aliphatic heterocycles. The van der Waals surface area contributed by atoms with E-state index in [4.69, 9.17) is 4.74 Å². The molecule has 0 amide bonds. The van der Waals surface area contributed by atoms with Gasteiger partial charge in [-0.2, -0.15) is 0 Å². The highest BCUT2D eigenvalue weighted by atomic mass is 16.5. The van der Waals surface area contributed by atoms with E-state index < -0.39 is 0 Å². The summed E-state index contributed by atoms with van der Waals surface area (Å²) in [6.45, 7) is 4.11. The van der Waals surface area contributed by atoms with E-state index in [1.807, 2.05) is 36.5 Å². The Hall–Kier alpha value is -2.09. The van der Waals surface area contributed by atoms with Crippen LogP contribution in [-0.4, -0.2) is 6.21 Å². The van der Waals surface area contributed by atoms with Crippen molar-refractivity contribution < 1.29 is 4.74 Å². The average Bonchev–Trinajstić information content (AvgIpc) is 2.46. The molecule has 17 heavy (non-hydrogen) atoms. The minimum atomic E-state index is 0.825. The molecule has 2 aromatic carbocycles. The second-order valence-electron chi connectivity index (χ2n) is 4.37. The zero-order valence-corrected chi connectivity index (χ0v) is 9.90. The Kier molecular flexibility index (Phi) is 2.22. The van der Waals surface area contributed by atoms with Crippen LogP contribution in [0, 0.1) is 13.8 Å². The lowest BCUT2D eigenvalue weighted by Gasteiger charge is -2.09. The standard InChI is InChI=1S/C15H13NO/c1-10-3-5-12-9-16-13-6-4-11(2)8-15(13)17-14(12)7-10/h3-9H,1-2H3. The van der Waals surface area contributed by atoms with Crippen LogP contribution in [0.3, 0.4) is 0 Å². The summed E-state index contributed by atoms with van der Waals surface area (Å²) in [5.41, 5.74) is 4.26. The van der Waals surface area contributed by atoms with Crippen LogP contribution in [0.1, 0.15) is 16.7 Å². The maximum atomic E-state index is 5.94. The predicted octanol–water partition coefficient (Wildman–Crippen LogP) is 4.16. The third-order valence-corrected chi connectivity index (χ3v) is 2.85. The van der Waals surface area contributed by atoms with Gasteiger partial charge in [-0.1, -0.05) is 12.1 Å². The molecule has 0 radical (unpaired) electrons. The highest BCUT2D eigenvalue weighted by molar-refractivity contribution is 5.87. The molecule has 0 bridgehead atoms. The smallest absolute Gasteiger partial charge is 0.153 e. The Morgan fingerprint density at radius 1 is 0.882 bits per heavy atom. The molecule has 2 nitrogen and oxygen atoms in total. The van der Waals surface area contributed by atoms with E-state index in [2.05, 4.69) is 24.9 Å². The van der Waals surface area contributed by atoms with Gasteiger partial charge in [-0.05, 0) is 49.2 Å². The van der Waals surface area contributed by atoms with Gasteiger partial charge in [-0.3, -0.25) is 4.99 Å². The van der Waals surface area contributed by atoms with Crippen LogP contribution in [0.2, 0.25) is 0 Å². The number of hydrogen-bond acceptors (Lipinski definition) is 2. The quantitative estimate of drug-likeness (QED) is 0.560. The van der Waals surface area contributed by atoms with Crippen molar-refractivity contribution >= 4 is 11.9 Å². The Labute approximate surface area is 101 Å². The van der Waals surface area contributed by atoms with Crippen LogP contribution in [0.15, 0.2) is 41.4 Å². The van der Waals surface area contributed by atoms with Crippen molar-refractivity contribution in [3.63, 3.8) is 0 Å². The molecule has 0 saturated carbocycles. The van der Waals surface area contributed by atoms with Gasteiger partial charge in [0, 0.05) is 11.8 Å². The van der Waals surface area contributed by atoms with Crippen LogP contribution in [0.5, 0.6) is 11.5 Å².